The maximum Gasteiger partial charge on any atom is 0.0496 e. The van der Waals surface area contributed by atoms with Crippen LogP contribution in [0.3, 0.4) is 0 Å². The fraction of sp³-hybridized carbons (Fsp3) is 0.429. The molecule has 0 bridgehead atoms. The summed E-state index contributed by atoms with van der Waals surface area (Å²) in [7, 11) is 0. The van der Waals surface area contributed by atoms with Crippen molar-refractivity contribution >= 4 is 0 Å². The third-order valence-electron chi connectivity index (χ3n) is 3.37. The normalized spacial score (nSPS) is 18.3. The lowest BCUT2D eigenvalue weighted by Gasteiger charge is -2.24. The van der Waals surface area contributed by atoms with E-state index in [1.165, 1.54) is 11.1 Å². The molecule has 0 unspecified atom stereocenters. The summed E-state index contributed by atoms with van der Waals surface area (Å²) in [5, 5.41) is 9.58. The van der Waals surface area contributed by atoms with E-state index in [1.807, 2.05) is 6.92 Å². The molecule has 1 nitrogen and oxygen atoms in total. The van der Waals surface area contributed by atoms with Crippen LogP contribution in [-0.4, -0.2) is 11.7 Å². The summed E-state index contributed by atoms with van der Waals surface area (Å²) in [4.78, 5) is 0. The SMILES string of the molecule is C/C=C/CC1(CO)Cc2ccccc2C1. The van der Waals surface area contributed by atoms with Crippen molar-refractivity contribution in [3.63, 3.8) is 0 Å². The van der Waals surface area contributed by atoms with Gasteiger partial charge in [0, 0.05) is 12.0 Å². The summed E-state index contributed by atoms with van der Waals surface area (Å²) in [5.41, 5.74) is 2.89. The van der Waals surface area contributed by atoms with Crippen LogP contribution in [0.4, 0.5) is 0 Å². The second kappa shape index (κ2) is 4.19. The lowest BCUT2D eigenvalue weighted by atomic mass is 9.82. The average Bonchev–Trinajstić information content (AvgIpc) is 2.65. The molecule has 1 N–H and O–H groups in total. The van der Waals surface area contributed by atoms with Crippen LogP contribution in [-0.2, 0) is 12.8 Å². The van der Waals surface area contributed by atoms with E-state index < -0.39 is 0 Å². The van der Waals surface area contributed by atoms with Gasteiger partial charge in [0.05, 0.1) is 0 Å². The molecular weight excluding hydrogens is 184 g/mol. The minimum atomic E-state index is 0.0657. The Hall–Kier alpha value is -1.08. The molecule has 1 heteroatoms. The fourth-order valence-corrected chi connectivity index (χ4v) is 2.46. The molecule has 0 fully saturated rings. The largest absolute Gasteiger partial charge is 0.396 e. The minimum absolute atomic E-state index is 0.0657. The first-order valence-electron chi connectivity index (χ1n) is 5.58. The lowest BCUT2D eigenvalue weighted by molar-refractivity contribution is 0.136. The Morgan fingerprint density at radius 3 is 2.33 bits per heavy atom. The smallest absolute Gasteiger partial charge is 0.0496 e. The minimum Gasteiger partial charge on any atom is -0.396 e. The molecule has 80 valence electrons. The molecule has 1 aromatic rings. The molecule has 0 saturated carbocycles. The number of hydrogen-bond acceptors (Lipinski definition) is 1. The van der Waals surface area contributed by atoms with Crippen LogP contribution in [0.25, 0.3) is 0 Å². The Bertz CT molecular complexity index is 340. The van der Waals surface area contributed by atoms with Crippen LogP contribution in [0.15, 0.2) is 36.4 Å². The Balaban J connectivity index is 2.21. The first-order chi connectivity index (χ1) is 7.29. The molecule has 2 rings (SSSR count). The molecule has 0 amide bonds. The molecule has 0 saturated heterocycles. The first kappa shape index (κ1) is 10.4. The monoisotopic (exact) mass is 202 g/mol. The van der Waals surface area contributed by atoms with Crippen molar-refractivity contribution in [3.05, 3.63) is 47.5 Å². The van der Waals surface area contributed by atoms with E-state index in [2.05, 4.69) is 36.4 Å². The van der Waals surface area contributed by atoms with Gasteiger partial charge in [0.1, 0.15) is 0 Å². The molecule has 1 aliphatic rings. The standard InChI is InChI=1S/C14H18O/c1-2-3-8-14(11-15)9-12-6-4-5-7-13(12)10-14/h2-7,15H,8-11H2,1H3/b3-2+. The van der Waals surface area contributed by atoms with Gasteiger partial charge in [-0.3, -0.25) is 0 Å². The molecule has 0 aliphatic heterocycles. The van der Waals surface area contributed by atoms with E-state index in [0.717, 1.165) is 19.3 Å². The fourth-order valence-electron chi connectivity index (χ4n) is 2.46. The highest BCUT2D eigenvalue weighted by molar-refractivity contribution is 5.34. The topological polar surface area (TPSA) is 20.2 Å². The lowest BCUT2D eigenvalue weighted by Crippen LogP contribution is -2.25. The van der Waals surface area contributed by atoms with Gasteiger partial charge in [-0.1, -0.05) is 36.4 Å². The zero-order valence-electron chi connectivity index (χ0n) is 9.24. The van der Waals surface area contributed by atoms with Gasteiger partial charge in [0.15, 0.2) is 0 Å². The van der Waals surface area contributed by atoms with E-state index in [9.17, 15) is 5.11 Å². The zero-order valence-corrected chi connectivity index (χ0v) is 9.24. The van der Waals surface area contributed by atoms with Crippen molar-refractivity contribution in [2.24, 2.45) is 5.41 Å². The van der Waals surface area contributed by atoms with Gasteiger partial charge in [0.25, 0.3) is 0 Å². The number of aliphatic hydroxyl groups is 1. The molecule has 1 aromatic carbocycles. The maximum atomic E-state index is 9.58. The second-order valence-electron chi connectivity index (χ2n) is 4.55. The van der Waals surface area contributed by atoms with Gasteiger partial charge in [-0.25, -0.2) is 0 Å². The second-order valence-corrected chi connectivity index (χ2v) is 4.55. The number of rotatable bonds is 3. The molecule has 1 aliphatic carbocycles. The quantitative estimate of drug-likeness (QED) is 0.747. The van der Waals surface area contributed by atoms with Crippen LogP contribution in [0.1, 0.15) is 24.5 Å². The van der Waals surface area contributed by atoms with Crippen LogP contribution < -0.4 is 0 Å². The first-order valence-corrected chi connectivity index (χ1v) is 5.58. The summed E-state index contributed by atoms with van der Waals surface area (Å²) in [6, 6.07) is 8.54. The summed E-state index contributed by atoms with van der Waals surface area (Å²) in [6.45, 7) is 2.32. The van der Waals surface area contributed by atoms with Crippen LogP contribution in [0, 0.1) is 5.41 Å². The van der Waals surface area contributed by atoms with Gasteiger partial charge in [-0.15, -0.1) is 0 Å². The molecule has 0 radical (unpaired) electrons. The van der Waals surface area contributed by atoms with E-state index >= 15 is 0 Å². The van der Waals surface area contributed by atoms with Gasteiger partial charge in [0.2, 0.25) is 0 Å². The number of aliphatic hydroxyl groups excluding tert-OH is 1. The van der Waals surface area contributed by atoms with Crippen LogP contribution in [0.5, 0.6) is 0 Å². The van der Waals surface area contributed by atoms with Crippen molar-refractivity contribution < 1.29 is 5.11 Å². The highest BCUT2D eigenvalue weighted by Gasteiger charge is 2.35. The molecule has 15 heavy (non-hydrogen) atoms. The Labute approximate surface area is 91.4 Å². The number of fused-ring (bicyclic) bond motifs is 1. The van der Waals surface area contributed by atoms with E-state index in [-0.39, 0.29) is 12.0 Å². The predicted octanol–water partition coefficient (Wildman–Crippen LogP) is 2.73. The molecule has 0 aromatic heterocycles. The number of hydrogen-bond donors (Lipinski definition) is 1. The number of benzene rings is 1. The third kappa shape index (κ3) is 1.98. The molecule has 0 spiro atoms. The molecule has 0 heterocycles. The Kier molecular flexibility index (Phi) is 2.92. The third-order valence-corrected chi connectivity index (χ3v) is 3.37. The van der Waals surface area contributed by atoms with Crippen molar-refractivity contribution in [2.45, 2.75) is 26.2 Å². The van der Waals surface area contributed by atoms with E-state index in [0.29, 0.717) is 0 Å². The van der Waals surface area contributed by atoms with Crippen molar-refractivity contribution in [1.82, 2.24) is 0 Å². The van der Waals surface area contributed by atoms with Crippen molar-refractivity contribution in [3.8, 4) is 0 Å². The van der Waals surface area contributed by atoms with Crippen molar-refractivity contribution in [2.75, 3.05) is 6.61 Å². The Morgan fingerprint density at radius 2 is 1.87 bits per heavy atom. The highest BCUT2D eigenvalue weighted by Crippen LogP contribution is 2.39. The van der Waals surface area contributed by atoms with Crippen molar-refractivity contribution in [1.29, 1.82) is 0 Å². The zero-order chi connectivity index (χ0) is 10.7. The summed E-state index contributed by atoms with van der Waals surface area (Å²) in [5.74, 6) is 0. The van der Waals surface area contributed by atoms with Gasteiger partial charge in [-0.05, 0) is 37.3 Å². The highest BCUT2D eigenvalue weighted by atomic mass is 16.3. The van der Waals surface area contributed by atoms with Crippen LogP contribution >= 0.6 is 0 Å². The van der Waals surface area contributed by atoms with Gasteiger partial charge >= 0.3 is 0 Å². The van der Waals surface area contributed by atoms with Gasteiger partial charge in [-0.2, -0.15) is 0 Å². The maximum absolute atomic E-state index is 9.58. The number of allylic oxidation sites excluding steroid dienone is 2. The summed E-state index contributed by atoms with van der Waals surface area (Å²) in [6.07, 6.45) is 7.26. The van der Waals surface area contributed by atoms with E-state index in [1.54, 1.807) is 0 Å². The summed E-state index contributed by atoms with van der Waals surface area (Å²) < 4.78 is 0. The van der Waals surface area contributed by atoms with E-state index in [4.69, 9.17) is 0 Å². The average molecular weight is 202 g/mol. The van der Waals surface area contributed by atoms with Crippen LogP contribution in [0.2, 0.25) is 0 Å². The molecular formula is C14H18O. The summed E-state index contributed by atoms with van der Waals surface area (Å²) >= 11 is 0. The Morgan fingerprint density at radius 1 is 1.27 bits per heavy atom. The van der Waals surface area contributed by atoms with Gasteiger partial charge < -0.3 is 5.11 Å². The predicted molar refractivity (Wildman–Crippen MR) is 62.8 cm³/mol. The molecule has 0 atom stereocenters.